The summed E-state index contributed by atoms with van der Waals surface area (Å²) in [6.45, 7) is 8.69. The second-order valence-electron chi connectivity index (χ2n) is 7.48. The number of ether oxygens (including phenoxy) is 1. The van der Waals surface area contributed by atoms with Crippen LogP contribution in [0, 0.1) is 0 Å². The van der Waals surface area contributed by atoms with E-state index in [1.165, 1.54) is 5.56 Å². The van der Waals surface area contributed by atoms with Crippen molar-refractivity contribution in [2.45, 2.75) is 52.6 Å². The Morgan fingerprint density at radius 1 is 1.03 bits per heavy atom. The Hall–Kier alpha value is -2.53. The van der Waals surface area contributed by atoms with Gasteiger partial charge in [-0.15, -0.1) is 0 Å². The minimum absolute atomic E-state index is 0.134. The standard InChI is InChI=1S/C24H31ClN2O3/c1-5-22(24(29)26-6-2)27(15-18-7-11-20(25)12-8-18)23(28)16-30-21-13-9-19(10-14-21)17(3)4/h7-14,17,22H,5-6,15-16H2,1-4H3,(H,26,29)/t22-/m0/s1. The molecule has 0 aliphatic rings. The molecule has 2 amide bonds. The fourth-order valence-electron chi connectivity index (χ4n) is 3.17. The van der Waals surface area contributed by atoms with Crippen LogP contribution >= 0.6 is 11.6 Å². The van der Waals surface area contributed by atoms with Crippen molar-refractivity contribution >= 4 is 23.4 Å². The van der Waals surface area contributed by atoms with Crippen LogP contribution in [-0.2, 0) is 16.1 Å². The van der Waals surface area contributed by atoms with Crippen LogP contribution in [0.3, 0.4) is 0 Å². The van der Waals surface area contributed by atoms with Gasteiger partial charge >= 0.3 is 0 Å². The van der Waals surface area contributed by atoms with E-state index in [2.05, 4.69) is 19.2 Å². The number of nitrogens with zero attached hydrogens (tertiary/aromatic N) is 1. The van der Waals surface area contributed by atoms with Crippen molar-refractivity contribution in [1.82, 2.24) is 10.2 Å². The zero-order chi connectivity index (χ0) is 22.1. The lowest BCUT2D eigenvalue weighted by Gasteiger charge is -2.30. The van der Waals surface area contributed by atoms with Crippen LogP contribution in [0.5, 0.6) is 5.75 Å². The summed E-state index contributed by atoms with van der Waals surface area (Å²) >= 11 is 5.98. The summed E-state index contributed by atoms with van der Waals surface area (Å²) in [6.07, 6.45) is 0.508. The Morgan fingerprint density at radius 3 is 2.20 bits per heavy atom. The molecule has 1 N–H and O–H groups in total. The predicted octanol–water partition coefficient (Wildman–Crippen LogP) is 4.79. The number of carbonyl (C=O) groups excluding carboxylic acids is 2. The maximum atomic E-state index is 13.1. The van der Waals surface area contributed by atoms with E-state index in [-0.39, 0.29) is 18.4 Å². The molecule has 162 valence electrons. The van der Waals surface area contributed by atoms with E-state index in [4.69, 9.17) is 16.3 Å². The molecule has 0 saturated heterocycles. The molecule has 2 aromatic rings. The van der Waals surface area contributed by atoms with Crippen molar-refractivity contribution in [2.24, 2.45) is 0 Å². The number of rotatable bonds is 10. The SMILES string of the molecule is CCNC(=O)[C@H](CC)N(Cc1ccc(Cl)cc1)C(=O)COc1ccc(C(C)C)cc1. The summed E-state index contributed by atoms with van der Waals surface area (Å²) in [5.41, 5.74) is 2.11. The number of halogens is 1. The highest BCUT2D eigenvalue weighted by molar-refractivity contribution is 6.30. The quantitative estimate of drug-likeness (QED) is 0.589. The Morgan fingerprint density at radius 2 is 1.67 bits per heavy atom. The Bertz CT molecular complexity index is 819. The van der Waals surface area contributed by atoms with Crippen molar-refractivity contribution in [3.05, 3.63) is 64.7 Å². The molecule has 0 spiro atoms. The Labute approximate surface area is 184 Å². The van der Waals surface area contributed by atoms with Gasteiger partial charge in [0.1, 0.15) is 11.8 Å². The summed E-state index contributed by atoms with van der Waals surface area (Å²) in [5, 5.41) is 3.45. The number of likely N-dealkylation sites (N-methyl/N-ethyl adjacent to an activating group) is 1. The fourth-order valence-corrected chi connectivity index (χ4v) is 3.30. The summed E-state index contributed by atoms with van der Waals surface area (Å²) in [6, 6.07) is 14.4. The van der Waals surface area contributed by atoms with Crippen LogP contribution in [-0.4, -0.2) is 35.9 Å². The van der Waals surface area contributed by atoms with Gasteiger partial charge < -0.3 is 15.0 Å². The van der Waals surface area contributed by atoms with Crippen LogP contribution in [0.2, 0.25) is 5.02 Å². The van der Waals surface area contributed by atoms with Crippen molar-refractivity contribution in [3.63, 3.8) is 0 Å². The number of nitrogens with one attached hydrogen (secondary N) is 1. The number of carbonyl (C=O) groups is 2. The third kappa shape index (κ3) is 6.77. The zero-order valence-corrected chi connectivity index (χ0v) is 18.9. The highest BCUT2D eigenvalue weighted by Gasteiger charge is 2.28. The highest BCUT2D eigenvalue weighted by Crippen LogP contribution is 2.19. The van der Waals surface area contributed by atoms with Gasteiger partial charge in [-0.3, -0.25) is 9.59 Å². The summed E-state index contributed by atoms with van der Waals surface area (Å²) in [5.74, 6) is 0.655. The normalized spacial score (nSPS) is 11.8. The van der Waals surface area contributed by atoms with E-state index in [0.717, 1.165) is 5.56 Å². The first-order valence-corrected chi connectivity index (χ1v) is 10.8. The lowest BCUT2D eigenvalue weighted by Crippen LogP contribution is -2.50. The molecular formula is C24H31ClN2O3. The van der Waals surface area contributed by atoms with Crippen LogP contribution in [0.15, 0.2) is 48.5 Å². The zero-order valence-electron chi connectivity index (χ0n) is 18.2. The van der Waals surface area contributed by atoms with Crippen LogP contribution in [0.25, 0.3) is 0 Å². The molecule has 0 saturated carbocycles. The molecule has 0 aromatic heterocycles. The fraction of sp³-hybridized carbons (Fsp3) is 0.417. The summed E-state index contributed by atoms with van der Waals surface area (Å²) in [4.78, 5) is 27.2. The summed E-state index contributed by atoms with van der Waals surface area (Å²) in [7, 11) is 0. The second-order valence-corrected chi connectivity index (χ2v) is 7.92. The van der Waals surface area contributed by atoms with E-state index in [1.807, 2.05) is 50.2 Å². The lowest BCUT2D eigenvalue weighted by molar-refractivity contribution is -0.142. The average molecular weight is 431 g/mol. The molecule has 1 atom stereocenters. The number of hydrogen-bond acceptors (Lipinski definition) is 3. The van der Waals surface area contributed by atoms with Crippen molar-refractivity contribution in [3.8, 4) is 5.75 Å². The second kappa shape index (κ2) is 11.6. The Balaban J connectivity index is 2.15. The number of benzene rings is 2. The average Bonchev–Trinajstić information content (AvgIpc) is 2.73. The molecule has 2 aromatic carbocycles. The molecule has 5 nitrogen and oxygen atoms in total. The van der Waals surface area contributed by atoms with Gasteiger partial charge in [0.2, 0.25) is 5.91 Å². The molecular weight excluding hydrogens is 400 g/mol. The van der Waals surface area contributed by atoms with Gasteiger partial charge in [0.05, 0.1) is 0 Å². The Kier molecular flexibility index (Phi) is 9.18. The van der Waals surface area contributed by atoms with Gasteiger partial charge in [0, 0.05) is 18.1 Å². The largest absolute Gasteiger partial charge is 0.484 e. The molecule has 0 bridgehead atoms. The molecule has 0 fully saturated rings. The molecule has 6 heteroatoms. The lowest BCUT2D eigenvalue weighted by atomic mass is 10.0. The molecule has 0 aliphatic carbocycles. The molecule has 0 heterocycles. The van der Waals surface area contributed by atoms with Crippen molar-refractivity contribution in [1.29, 1.82) is 0 Å². The van der Waals surface area contributed by atoms with Gasteiger partial charge in [0.25, 0.3) is 5.91 Å². The first kappa shape index (κ1) is 23.7. The van der Waals surface area contributed by atoms with Crippen molar-refractivity contribution < 1.29 is 14.3 Å². The first-order valence-electron chi connectivity index (χ1n) is 10.4. The van der Waals surface area contributed by atoms with Gasteiger partial charge in [-0.1, -0.05) is 56.6 Å². The minimum atomic E-state index is -0.569. The van der Waals surface area contributed by atoms with Gasteiger partial charge in [0.15, 0.2) is 6.61 Å². The van der Waals surface area contributed by atoms with E-state index < -0.39 is 6.04 Å². The maximum absolute atomic E-state index is 13.1. The third-order valence-corrected chi connectivity index (χ3v) is 5.16. The number of hydrogen-bond donors (Lipinski definition) is 1. The molecule has 0 aliphatic heterocycles. The third-order valence-electron chi connectivity index (χ3n) is 4.91. The van der Waals surface area contributed by atoms with Gasteiger partial charge in [-0.2, -0.15) is 0 Å². The molecule has 30 heavy (non-hydrogen) atoms. The molecule has 0 radical (unpaired) electrons. The highest BCUT2D eigenvalue weighted by atomic mass is 35.5. The number of amides is 2. The smallest absolute Gasteiger partial charge is 0.261 e. The first-order chi connectivity index (χ1) is 14.3. The van der Waals surface area contributed by atoms with E-state index in [0.29, 0.717) is 36.2 Å². The van der Waals surface area contributed by atoms with E-state index in [9.17, 15) is 9.59 Å². The molecule has 0 unspecified atom stereocenters. The monoisotopic (exact) mass is 430 g/mol. The summed E-state index contributed by atoms with van der Waals surface area (Å²) < 4.78 is 5.73. The molecule has 2 rings (SSSR count). The van der Waals surface area contributed by atoms with Crippen LogP contribution in [0.4, 0.5) is 0 Å². The van der Waals surface area contributed by atoms with E-state index in [1.54, 1.807) is 17.0 Å². The van der Waals surface area contributed by atoms with Crippen LogP contribution in [0.1, 0.15) is 51.2 Å². The topological polar surface area (TPSA) is 58.6 Å². The van der Waals surface area contributed by atoms with Gasteiger partial charge in [-0.05, 0) is 54.7 Å². The predicted molar refractivity (Wildman–Crippen MR) is 121 cm³/mol. The minimum Gasteiger partial charge on any atom is -0.484 e. The van der Waals surface area contributed by atoms with Crippen molar-refractivity contribution in [2.75, 3.05) is 13.2 Å². The van der Waals surface area contributed by atoms with Gasteiger partial charge in [-0.25, -0.2) is 0 Å². The maximum Gasteiger partial charge on any atom is 0.261 e. The van der Waals surface area contributed by atoms with E-state index >= 15 is 0 Å². The van der Waals surface area contributed by atoms with Crippen LogP contribution < -0.4 is 10.1 Å².